The molecule has 0 aromatic carbocycles. The summed E-state index contributed by atoms with van der Waals surface area (Å²) in [7, 11) is 1.82. The topological polar surface area (TPSA) is 67.2 Å². The van der Waals surface area contributed by atoms with E-state index in [-0.39, 0.29) is 23.8 Å². The molecule has 3 unspecified atom stereocenters. The Balaban J connectivity index is 1.30. The molecule has 3 atom stereocenters. The minimum absolute atomic E-state index is 0.0614. The molecule has 6 nitrogen and oxygen atoms in total. The number of likely N-dealkylation sites (tertiary alicyclic amines) is 1. The minimum Gasteiger partial charge on any atom is -0.353 e. The van der Waals surface area contributed by atoms with Gasteiger partial charge in [-0.2, -0.15) is 5.10 Å². The molecule has 1 saturated heterocycles. The quantitative estimate of drug-likeness (QED) is 0.895. The highest BCUT2D eigenvalue weighted by Crippen LogP contribution is 2.43. The van der Waals surface area contributed by atoms with Gasteiger partial charge in [0.15, 0.2) is 0 Å². The van der Waals surface area contributed by atoms with Gasteiger partial charge < -0.3 is 10.2 Å². The first kappa shape index (κ1) is 17.6. The Labute approximate surface area is 155 Å². The number of carbonyl (C=O) groups is 2. The van der Waals surface area contributed by atoms with Crippen LogP contribution in [-0.2, 0) is 11.8 Å². The largest absolute Gasteiger partial charge is 0.353 e. The number of amides is 2. The van der Waals surface area contributed by atoms with Crippen molar-refractivity contribution in [2.24, 2.45) is 36.6 Å². The van der Waals surface area contributed by atoms with Gasteiger partial charge in [0.2, 0.25) is 5.91 Å². The third-order valence-corrected chi connectivity index (χ3v) is 6.89. The zero-order valence-electron chi connectivity index (χ0n) is 16.2. The molecule has 1 aliphatic heterocycles. The van der Waals surface area contributed by atoms with Crippen LogP contribution in [0.5, 0.6) is 0 Å². The number of hydrogen-bond acceptors (Lipinski definition) is 3. The van der Waals surface area contributed by atoms with Gasteiger partial charge in [-0.3, -0.25) is 14.3 Å². The molecule has 3 aliphatic rings. The second-order valence-corrected chi connectivity index (χ2v) is 8.95. The highest BCUT2D eigenvalue weighted by molar-refractivity contribution is 5.93. The van der Waals surface area contributed by atoms with Gasteiger partial charge in [-0.1, -0.05) is 13.8 Å². The summed E-state index contributed by atoms with van der Waals surface area (Å²) in [6.45, 7) is 7.93. The number of rotatable bonds is 4. The van der Waals surface area contributed by atoms with E-state index in [2.05, 4.69) is 24.3 Å². The number of nitrogens with zero attached hydrogens (tertiary/aromatic N) is 3. The smallest absolute Gasteiger partial charge is 0.272 e. The lowest BCUT2D eigenvalue weighted by atomic mass is 9.68. The first-order valence-electron chi connectivity index (χ1n) is 9.93. The van der Waals surface area contributed by atoms with Crippen molar-refractivity contribution >= 4 is 11.8 Å². The SMILES string of the molecule is Cc1cc(C(=O)N2CC3CC(NC(=O)C4CC(C(C)C)C4)C3C2)n(C)n1. The molecule has 1 aromatic heterocycles. The van der Waals surface area contributed by atoms with Crippen molar-refractivity contribution in [3.8, 4) is 0 Å². The standard InChI is InChI=1S/C20H30N4O2/c1-11(2)13-6-14(7-13)19(25)21-17-8-15-9-24(10-16(15)17)20(26)18-5-12(3)22-23(18)4/h5,11,13-17H,6-10H2,1-4H3,(H,21,25). The second-order valence-electron chi connectivity index (χ2n) is 8.95. The summed E-state index contributed by atoms with van der Waals surface area (Å²) < 4.78 is 1.67. The molecule has 4 rings (SSSR count). The molecule has 2 amide bonds. The van der Waals surface area contributed by atoms with Crippen LogP contribution in [0.2, 0.25) is 0 Å². The van der Waals surface area contributed by atoms with E-state index in [9.17, 15) is 9.59 Å². The molecule has 142 valence electrons. The van der Waals surface area contributed by atoms with Crippen LogP contribution in [0.1, 0.15) is 49.3 Å². The van der Waals surface area contributed by atoms with E-state index >= 15 is 0 Å². The van der Waals surface area contributed by atoms with Crippen molar-refractivity contribution < 1.29 is 9.59 Å². The maximum Gasteiger partial charge on any atom is 0.272 e. The molecule has 1 N–H and O–H groups in total. The molecule has 1 aromatic rings. The maximum atomic E-state index is 12.8. The fourth-order valence-electron chi connectivity index (χ4n) is 4.93. The molecule has 0 radical (unpaired) electrons. The van der Waals surface area contributed by atoms with Gasteiger partial charge in [0, 0.05) is 38.0 Å². The fourth-order valence-corrected chi connectivity index (χ4v) is 4.93. The van der Waals surface area contributed by atoms with E-state index in [1.807, 2.05) is 24.9 Å². The zero-order chi connectivity index (χ0) is 18.6. The normalized spacial score (nSPS) is 32.8. The number of fused-ring (bicyclic) bond motifs is 1. The van der Waals surface area contributed by atoms with Gasteiger partial charge in [-0.25, -0.2) is 0 Å². The summed E-state index contributed by atoms with van der Waals surface area (Å²) in [6.07, 6.45) is 3.08. The molecule has 3 fully saturated rings. The Morgan fingerprint density at radius 2 is 1.96 bits per heavy atom. The Morgan fingerprint density at radius 3 is 2.58 bits per heavy atom. The van der Waals surface area contributed by atoms with E-state index in [4.69, 9.17) is 0 Å². The van der Waals surface area contributed by atoms with Crippen molar-refractivity contribution in [1.82, 2.24) is 20.0 Å². The van der Waals surface area contributed by atoms with Crippen molar-refractivity contribution in [3.05, 3.63) is 17.5 Å². The third kappa shape index (κ3) is 2.93. The highest BCUT2D eigenvalue weighted by Gasteiger charge is 2.50. The van der Waals surface area contributed by atoms with Crippen molar-refractivity contribution in [2.75, 3.05) is 13.1 Å². The van der Waals surface area contributed by atoms with Gasteiger partial charge in [0.1, 0.15) is 5.69 Å². The Morgan fingerprint density at radius 1 is 1.23 bits per heavy atom. The maximum absolute atomic E-state index is 12.8. The molecule has 2 saturated carbocycles. The van der Waals surface area contributed by atoms with E-state index in [0.717, 1.165) is 38.0 Å². The number of nitrogens with one attached hydrogen (secondary N) is 1. The summed E-state index contributed by atoms with van der Waals surface area (Å²) in [5.41, 5.74) is 1.52. The molecule has 2 aliphatic carbocycles. The van der Waals surface area contributed by atoms with E-state index in [1.54, 1.807) is 4.68 Å². The van der Waals surface area contributed by atoms with Gasteiger partial charge in [-0.05, 0) is 50.0 Å². The zero-order valence-corrected chi connectivity index (χ0v) is 16.2. The van der Waals surface area contributed by atoms with Gasteiger partial charge in [0.05, 0.1) is 5.69 Å². The van der Waals surface area contributed by atoms with Crippen LogP contribution in [0.3, 0.4) is 0 Å². The van der Waals surface area contributed by atoms with Crippen LogP contribution < -0.4 is 5.32 Å². The predicted octanol–water partition coefficient (Wildman–Crippen LogP) is 1.99. The molecule has 2 heterocycles. The summed E-state index contributed by atoms with van der Waals surface area (Å²) in [5.74, 6) is 2.84. The van der Waals surface area contributed by atoms with Crippen LogP contribution in [0, 0.1) is 36.5 Å². The van der Waals surface area contributed by atoms with Crippen LogP contribution in [-0.4, -0.2) is 45.6 Å². The van der Waals surface area contributed by atoms with Gasteiger partial charge in [-0.15, -0.1) is 0 Å². The first-order chi connectivity index (χ1) is 12.3. The summed E-state index contributed by atoms with van der Waals surface area (Å²) in [6, 6.07) is 2.10. The average molecular weight is 358 g/mol. The predicted molar refractivity (Wildman–Crippen MR) is 98.4 cm³/mol. The summed E-state index contributed by atoms with van der Waals surface area (Å²) >= 11 is 0. The number of hydrogen-bond donors (Lipinski definition) is 1. The van der Waals surface area contributed by atoms with Gasteiger partial charge in [0.25, 0.3) is 5.91 Å². The Bertz CT molecular complexity index is 719. The van der Waals surface area contributed by atoms with E-state index in [0.29, 0.717) is 29.4 Å². The molecule has 0 spiro atoms. The fraction of sp³-hybridized carbons (Fsp3) is 0.750. The van der Waals surface area contributed by atoms with Crippen molar-refractivity contribution in [3.63, 3.8) is 0 Å². The summed E-state index contributed by atoms with van der Waals surface area (Å²) in [5, 5.41) is 7.55. The average Bonchev–Trinajstić information content (AvgIpc) is 3.02. The Hall–Kier alpha value is -1.85. The lowest BCUT2D eigenvalue weighted by Gasteiger charge is -2.43. The molecule has 26 heavy (non-hydrogen) atoms. The van der Waals surface area contributed by atoms with Crippen LogP contribution >= 0.6 is 0 Å². The van der Waals surface area contributed by atoms with Crippen molar-refractivity contribution in [1.29, 1.82) is 0 Å². The molecular weight excluding hydrogens is 328 g/mol. The number of aromatic nitrogens is 2. The lowest BCUT2D eigenvalue weighted by molar-refractivity contribution is -0.132. The monoisotopic (exact) mass is 358 g/mol. The van der Waals surface area contributed by atoms with Crippen LogP contribution in [0.15, 0.2) is 6.07 Å². The summed E-state index contributed by atoms with van der Waals surface area (Å²) in [4.78, 5) is 27.2. The molecular formula is C20H30N4O2. The van der Waals surface area contributed by atoms with Gasteiger partial charge >= 0.3 is 0 Å². The van der Waals surface area contributed by atoms with Crippen LogP contribution in [0.25, 0.3) is 0 Å². The second kappa shape index (κ2) is 6.39. The van der Waals surface area contributed by atoms with E-state index in [1.165, 1.54) is 0 Å². The van der Waals surface area contributed by atoms with Crippen LogP contribution in [0.4, 0.5) is 0 Å². The first-order valence-corrected chi connectivity index (χ1v) is 9.93. The molecule has 6 heteroatoms. The Kier molecular flexibility index (Phi) is 4.32. The number of aryl methyl sites for hydroxylation is 2. The van der Waals surface area contributed by atoms with Crippen molar-refractivity contribution in [2.45, 2.75) is 46.1 Å². The number of carbonyl (C=O) groups excluding carboxylic acids is 2. The third-order valence-electron chi connectivity index (χ3n) is 6.89. The highest BCUT2D eigenvalue weighted by atomic mass is 16.2. The molecule has 0 bridgehead atoms. The minimum atomic E-state index is 0.0614. The van der Waals surface area contributed by atoms with E-state index < -0.39 is 0 Å². The lowest BCUT2D eigenvalue weighted by Crippen LogP contribution is -2.54.